The summed E-state index contributed by atoms with van der Waals surface area (Å²) < 4.78 is 0. The lowest BCUT2D eigenvalue weighted by Gasteiger charge is -2.39. The van der Waals surface area contributed by atoms with Gasteiger partial charge in [0.25, 0.3) is 0 Å². The van der Waals surface area contributed by atoms with Crippen molar-refractivity contribution in [1.82, 2.24) is 9.80 Å². The van der Waals surface area contributed by atoms with E-state index < -0.39 is 0 Å². The van der Waals surface area contributed by atoms with Crippen molar-refractivity contribution in [3.63, 3.8) is 0 Å². The zero-order valence-corrected chi connectivity index (χ0v) is 8.60. The summed E-state index contributed by atoms with van der Waals surface area (Å²) in [5, 5.41) is 0.539. The average molecular weight is 187 g/mol. The molecule has 0 aromatic rings. The standard InChI is InChI=1S/C8H17N3S/c1-3-10-4-5-11(8(9)12)6-7(10)2/h7H,3-6H2,1-2H3,(H2,9,12). The molecule has 0 spiro atoms. The number of hydrogen-bond donors (Lipinski definition) is 1. The van der Waals surface area contributed by atoms with Crippen LogP contribution in [-0.4, -0.2) is 47.1 Å². The highest BCUT2D eigenvalue weighted by molar-refractivity contribution is 7.80. The summed E-state index contributed by atoms with van der Waals surface area (Å²) in [5.74, 6) is 0. The van der Waals surface area contributed by atoms with E-state index in [1.807, 2.05) is 0 Å². The lowest BCUT2D eigenvalue weighted by Crippen LogP contribution is -2.54. The summed E-state index contributed by atoms with van der Waals surface area (Å²) in [7, 11) is 0. The van der Waals surface area contributed by atoms with Crippen LogP contribution in [0.3, 0.4) is 0 Å². The predicted octanol–water partition coefficient (Wildman–Crippen LogP) is 0.256. The van der Waals surface area contributed by atoms with Gasteiger partial charge in [-0.15, -0.1) is 0 Å². The van der Waals surface area contributed by atoms with Crippen LogP contribution in [-0.2, 0) is 0 Å². The van der Waals surface area contributed by atoms with E-state index in [1.54, 1.807) is 0 Å². The third-order valence-electron chi connectivity index (χ3n) is 2.48. The van der Waals surface area contributed by atoms with Gasteiger partial charge in [-0.05, 0) is 25.7 Å². The van der Waals surface area contributed by atoms with Crippen LogP contribution < -0.4 is 5.73 Å². The molecule has 1 aliphatic rings. The van der Waals surface area contributed by atoms with Crippen LogP contribution >= 0.6 is 12.2 Å². The van der Waals surface area contributed by atoms with Crippen molar-refractivity contribution >= 4 is 17.3 Å². The highest BCUT2D eigenvalue weighted by Crippen LogP contribution is 2.07. The summed E-state index contributed by atoms with van der Waals surface area (Å²) in [4.78, 5) is 4.51. The molecule has 0 amide bonds. The van der Waals surface area contributed by atoms with Crippen molar-refractivity contribution in [1.29, 1.82) is 0 Å². The Morgan fingerprint density at radius 3 is 2.67 bits per heavy atom. The van der Waals surface area contributed by atoms with Crippen LogP contribution in [0.2, 0.25) is 0 Å². The highest BCUT2D eigenvalue weighted by Gasteiger charge is 2.22. The summed E-state index contributed by atoms with van der Waals surface area (Å²) in [6.45, 7) is 8.55. The highest BCUT2D eigenvalue weighted by atomic mass is 32.1. The molecule has 0 bridgehead atoms. The Hall–Kier alpha value is -0.350. The van der Waals surface area contributed by atoms with E-state index in [0.29, 0.717) is 11.2 Å². The lowest BCUT2D eigenvalue weighted by atomic mass is 10.2. The van der Waals surface area contributed by atoms with Crippen LogP contribution in [0.1, 0.15) is 13.8 Å². The number of nitrogens with two attached hydrogens (primary N) is 1. The number of hydrogen-bond acceptors (Lipinski definition) is 2. The number of nitrogens with zero attached hydrogens (tertiary/aromatic N) is 2. The zero-order chi connectivity index (χ0) is 9.14. The fourth-order valence-corrected chi connectivity index (χ4v) is 1.83. The van der Waals surface area contributed by atoms with E-state index in [1.165, 1.54) is 0 Å². The van der Waals surface area contributed by atoms with Crippen LogP contribution in [0.15, 0.2) is 0 Å². The SMILES string of the molecule is CCN1CCN(C(N)=S)CC1C. The molecule has 0 saturated carbocycles. The average Bonchev–Trinajstić information content (AvgIpc) is 2.04. The lowest BCUT2D eigenvalue weighted by molar-refractivity contribution is 0.130. The van der Waals surface area contributed by atoms with E-state index in [9.17, 15) is 0 Å². The second kappa shape index (κ2) is 4.05. The van der Waals surface area contributed by atoms with Gasteiger partial charge in [-0.2, -0.15) is 0 Å². The third kappa shape index (κ3) is 2.08. The zero-order valence-electron chi connectivity index (χ0n) is 7.79. The predicted molar refractivity (Wildman–Crippen MR) is 55.1 cm³/mol. The normalized spacial score (nSPS) is 25.8. The maximum atomic E-state index is 5.56. The van der Waals surface area contributed by atoms with Gasteiger partial charge in [0, 0.05) is 25.7 Å². The smallest absolute Gasteiger partial charge is 0.166 e. The van der Waals surface area contributed by atoms with Crippen LogP contribution in [0.5, 0.6) is 0 Å². The fraction of sp³-hybridized carbons (Fsp3) is 0.875. The van der Waals surface area contributed by atoms with Crippen molar-refractivity contribution in [2.75, 3.05) is 26.2 Å². The second-order valence-electron chi connectivity index (χ2n) is 3.26. The van der Waals surface area contributed by atoms with E-state index >= 15 is 0 Å². The minimum Gasteiger partial charge on any atom is -0.376 e. The van der Waals surface area contributed by atoms with Crippen molar-refractivity contribution in [3.05, 3.63) is 0 Å². The van der Waals surface area contributed by atoms with E-state index in [4.69, 9.17) is 18.0 Å². The second-order valence-corrected chi connectivity index (χ2v) is 3.68. The number of likely N-dealkylation sites (N-methyl/N-ethyl adjacent to an activating group) is 1. The Balaban J connectivity index is 2.46. The molecule has 0 aliphatic carbocycles. The van der Waals surface area contributed by atoms with Crippen molar-refractivity contribution in [3.8, 4) is 0 Å². The summed E-state index contributed by atoms with van der Waals surface area (Å²) in [6.07, 6.45) is 0. The van der Waals surface area contributed by atoms with Crippen molar-refractivity contribution in [2.45, 2.75) is 19.9 Å². The molecule has 1 heterocycles. The van der Waals surface area contributed by atoms with Gasteiger partial charge in [-0.25, -0.2) is 0 Å². The van der Waals surface area contributed by atoms with Crippen molar-refractivity contribution in [2.24, 2.45) is 5.73 Å². The van der Waals surface area contributed by atoms with E-state index in [0.717, 1.165) is 26.2 Å². The molecule has 1 unspecified atom stereocenters. The number of thiocarbonyl (C=S) groups is 1. The van der Waals surface area contributed by atoms with Gasteiger partial charge in [-0.3, -0.25) is 4.90 Å². The molecule has 4 heteroatoms. The quantitative estimate of drug-likeness (QED) is 0.597. The van der Waals surface area contributed by atoms with Gasteiger partial charge in [0.1, 0.15) is 0 Å². The van der Waals surface area contributed by atoms with Gasteiger partial charge in [0.05, 0.1) is 0 Å². The van der Waals surface area contributed by atoms with Crippen molar-refractivity contribution < 1.29 is 0 Å². The largest absolute Gasteiger partial charge is 0.376 e. The summed E-state index contributed by atoms with van der Waals surface area (Å²) in [5.41, 5.74) is 5.56. The van der Waals surface area contributed by atoms with Crippen LogP contribution in [0.25, 0.3) is 0 Å². The maximum Gasteiger partial charge on any atom is 0.166 e. The molecule has 12 heavy (non-hydrogen) atoms. The molecule has 70 valence electrons. The third-order valence-corrected chi connectivity index (χ3v) is 2.74. The van der Waals surface area contributed by atoms with Gasteiger partial charge in [0.15, 0.2) is 5.11 Å². The van der Waals surface area contributed by atoms with E-state index in [-0.39, 0.29) is 0 Å². The van der Waals surface area contributed by atoms with Crippen LogP contribution in [0, 0.1) is 0 Å². The first-order valence-electron chi connectivity index (χ1n) is 4.43. The molecule has 0 aromatic carbocycles. The number of rotatable bonds is 1. The molecule has 1 atom stereocenters. The number of piperazine rings is 1. The van der Waals surface area contributed by atoms with Gasteiger partial charge < -0.3 is 10.6 Å². The Bertz CT molecular complexity index is 172. The molecular formula is C8H17N3S. The van der Waals surface area contributed by atoms with E-state index in [2.05, 4.69) is 23.6 Å². The molecule has 1 aliphatic heterocycles. The first-order chi connectivity index (χ1) is 5.65. The van der Waals surface area contributed by atoms with Gasteiger partial charge in [0.2, 0.25) is 0 Å². The minimum absolute atomic E-state index is 0.539. The molecule has 1 saturated heterocycles. The molecule has 0 aromatic heterocycles. The van der Waals surface area contributed by atoms with Gasteiger partial charge >= 0.3 is 0 Å². The summed E-state index contributed by atoms with van der Waals surface area (Å²) >= 11 is 4.93. The Labute approximate surface area is 79.5 Å². The minimum atomic E-state index is 0.539. The first-order valence-corrected chi connectivity index (χ1v) is 4.84. The maximum absolute atomic E-state index is 5.56. The Morgan fingerprint density at radius 2 is 2.25 bits per heavy atom. The molecular weight excluding hydrogens is 170 g/mol. The summed E-state index contributed by atoms with van der Waals surface area (Å²) in [6, 6.07) is 0.574. The molecule has 2 N–H and O–H groups in total. The van der Waals surface area contributed by atoms with Gasteiger partial charge in [-0.1, -0.05) is 6.92 Å². The fourth-order valence-electron chi connectivity index (χ4n) is 1.67. The Morgan fingerprint density at radius 1 is 1.58 bits per heavy atom. The topological polar surface area (TPSA) is 32.5 Å². The molecule has 1 rings (SSSR count). The Kier molecular flexibility index (Phi) is 3.29. The molecule has 1 fully saturated rings. The van der Waals surface area contributed by atoms with Crippen LogP contribution in [0.4, 0.5) is 0 Å². The molecule has 3 nitrogen and oxygen atoms in total. The first kappa shape index (κ1) is 9.74. The molecule has 0 radical (unpaired) electrons. The monoisotopic (exact) mass is 187 g/mol.